The summed E-state index contributed by atoms with van der Waals surface area (Å²) in [4.78, 5) is 8.66. The first-order valence-electron chi connectivity index (χ1n) is 6.85. The van der Waals surface area contributed by atoms with Crippen LogP contribution in [-0.4, -0.2) is 16.1 Å². The number of ether oxygens (including phenoxy) is 1. The first kappa shape index (κ1) is 13.1. The van der Waals surface area contributed by atoms with Crippen molar-refractivity contribution in [1.29, 1.82) is 0 Å². The van der Waals surface area contributed by atoms with Crippen molar-refractivity contribution < 1.29 is 4.74 Å². The zero-order valence-electron chi connectivity index (χ0n) is 11.5. The molecule has 0 radical (unpaired) electrons. The third kappa shape index (κ3) is 3.34. The van der Waals surface area contributed by atoms with Gasteiger partial charge in [-0.3, -0.25) is 0 Å². The summed E-state index contributed by atoms with van der Waals surface area (Å²) in [5.74, 6) is 2.97. The van der Waals surface area contributed by atoms with Crippen molar-refractivity contribution in [1.82, 2.24) is 9.97 Å². The Morgan fingerprint density at radius 2 is 1.89 bits per heavy atom. The van der Waals surface area contributed by atoms with E-state index in [9.17, 15) is 0 Å². The molecule has 1 fully saturated rings. The molecule has 1 heterocycles. The van der Waals surface area contributed by atoms with Crippen molar-refractivity contribution in [3.63, 3.8) is 0 Å². The van der Waals surface area contributed by atoms with E-state index < -0.39 is 0 Å². The molecule has 1 aliphatic carbocycles. The number of nitrogen functional groups attached to an aromatic ring is 1. The topological polar surface area (TPSA) is 61.0 Å². The highest BCUT2D eigenvalue weighted by Gasteiger charge is 2.20. The fourth-order valence-electron chi connectivity index (χ4n) is 2.30. The summed E-state index contributed by atoms with van der Waals surface area (Å²) in [7, 11) is 0. The molecule has 18 heavy (non-hydrogen) atoms. The van der Waals surface area contributed by atoms with Gasteiger partial charge in [-0.1, -0.05) is 20.8 Å². The average molecular weight is 249 g/mol. The van der Waals surface area contributed by atoms with Gasteiger partial charge in [0.25, 0.3) is 0 Å². The Morgan fingerprint density at radius 3 is 2.50 bits per heavy atom. The molecule has 0 amide bonds. The van der Waals surface area contributed by atoms with Crippen LogP contribution in [0.4, 0.5) is 5.82 Å². The minimum Gasteiger partial charge on any atom is -0.474 e. The highest BCUT2D eigenvalue weighted by Crippen LogP contribution is 2.27. The fourth-order valence-corrected chi connectivity index (χ4v) is 2.30. The number of aromatic nitrogens is 2. The summed E-state index contributed by atoms with van der Waals surface area (Å²) in [6, 6.07) is 1.73. The van der Waals surface area contributed by atoms with Gasteiger partial charge in [0.2, 0.25) is 5.88 Å². The van der Waals surface area contributed by atoms with Gasteiger partial charge < -0.3 is 10.5 Å². The zero-order chi connectivity index (χ0) is 13.1. The average Bonchev–Trinajstić information content (AvgIpc) is 2.31. The van der Waals surface area contributed by atoms with Crippen molar-refractivity contribution in [3.8, 4) is 5.88 Å². The molecular formula is C14H23N3O. The molecule has 0 aromatic carbocycles. The first-order chi connectivity index (χ1) is 8.54. The second-order valence-corrected chi connectivity index (χ2v) is 5.64. The molecule has 0 saturated heterocycles. The standard InChI is InChI=1S/C14H23N3O/c1-9(2)14-16-12(15)8-13(17-14)18-11-6-4-10(3)5-7-11/h8-11H,4-7H2,1-3H3,(H2,15,16,17). The number of hydrogen-bond donors (Lipinski definition) is 1. The second kappa shape index (κ2) is 5.55. The lowest BCUT2D eigenvalue weighted by atomic mass is 9.89. The predicted octanol–water partition coefficient (Wildman–Crippen LogP) is 3.14. The van der Waals surface area contributed by atoms with Gasteiger partial charge in [0.1, 0.15) is 17.7 Å². The van der Waals surface area contributed by atoms with Crippen molar-refractivity contribution in [2.45, 2.75) is 58.5 Å². The maximum Gasteiger partial charge on any atom is 0.219 e. The van der Waals surface area contributed by atoms with Crippen LogP contribution in [0.5, 0.6) is 5.88 Å². The van der Waals surface area contributed by atoms with Crippen LogP contribution in [0.1, 0.15) is 58.2 Å². The summed E-state index contributed by atoms with van der Waals surface area (Å²) in [6.07, 6.45) is 4.99. The van der Waals surface area contributed by atoms with Gasteiger partial charge >= 0.3 is 0 Å². The first-order valence-corrected chi connectivity index (χ1v) is 6.85. The lowest BCUT2D eigenvalue weighted by Gasteiger charge is -2.26. The quantitative estimate of drug-likeness (QED) is 0.894. The van der Waals surface area contributed by atoms with Gasteiger partial charge in [0.05, 0.1) is 0 Å². The van der Waals surface area contributed by atoms with Crippen LogP contribution in [0.2, 0.25) is 0 Å². The van der Waals surface area contributed by atoms with Crippen LogP contribution in [0.25, 0.3) is 0 Å². The third-order valence-electron chi connectivity index (χ3n) is 3.51. The van der Waals surface area contributed by atoms with Crippen molar-refractivity contribution in [2.24, 2.45) is 5.92 Å². The number of rotatable bonds is 3. The van der Waals surface area contributed by atoms with Gasteiger partial charge in [0, 0.05) is 12.0 Å². The van der Waals surface area contributed by atoms with Crippen LogP contribution in [-0.2, 0) is 0 Å². The van der Waals surface area contributed by atoms with Gasteiger partial charge in [-0.05, 0) is 31.6 Å². The predicted molar refractivity (Wildman–Crippen MR) is 72.6 cm³/mol. The Hall–Kier alpha value is -1.32. The molecular weight excluding hydrogens is 226 g/mol. The molecule has 1 aromatic rings. The molecule has 100 valence electrons. The van der Waals surface area contributed by atoms with Gasteiger partial charge in [-0.15, -0.1) is 0 Å². The minimum atomic E-state index is 0.266. The Kier molecular flexibility index (Phi) is 4.04. The van der Waals surface area contributed by atoms with Crippen molar-refractivity contribution >= 4 is 5.82 Å². The van der Waals surface area contributed by atoms with E-state index in [1.807, 2.05) is 0 Å². The molecule has 0 aliphatic heterocycles. The van der Waals surface area contributed by atoms with Gasteiger partial charge in [-0.25, -0.2) is 4.98 Å². The molecule has 1 saturated carbocycles. The van der Waals surface area contributed by atoms with Crippen LogP contribution < -0.4 is 10.5 Å². The number of nitrogens with zero attached hydrogens (tertiary/aromatic N) is 2. The normalized spacial score (nSPS) is 24.2. The molecule has 0 spiro atoms. The summed E-state index contributed by atoms with van der Waals surface area (Å²) < 4.78 is 5.94. The van der Waals surface area contributed by atoms with E-state index in [2.05, 4.69) is 30.7 Å². The van der Waals surface area contributed by atoms with Crippen molar-refractivity contribution in [2.75, 3.05) is 5.73 Å². The summed E-state index contributed by atoms with van der Waals surface area (Å²) in [6.45, 7) is 6.41. The molecule has 0 unspecified atom stereocenters. The summed E-state index contributed by atoms with van der Waals surface area (Å²) in [5, 5.41) is 0. The Balaban J connectivity index is 2.04. The molecule has 4 nitrogen and oxygen atoms in total. The SMILES string of the molecule is CC1CCC(Oc2cc(N)nc(C(C)C)n2)CC1. The second-order valence-electron chi connectivity index (χ2n) is 5.64. The van der Waals surface area contributed by atoms with E-state index in [-0.39, 0.29) is 12.0 Å². The molecule has 0 bridgehead atoms. The van der Waals surface area contributed by atoms with Gasteiger partial charge in [0.15, 0.2) is 0 Å². The Bertz CT molecular complexity index is 398. The van der Waals surface area contributed by atoms with Crippen LogP contribution in [0, 0.1) is 5.92 Å². The van der Waals surface area contributed by atoms with E-state index in [1.165, 1.54) is 12.8 Å². The van der Waals surface area contributed by atoms with E-state index in [4.69, 9.17) is 10.5 Å². The van der Waals surface area contributed by atoms with Crippen LogP contribution in [0.15, 0.2) is 6.07 Å². The molecule has 1 aliphatic rings. The molecule has 0 atom stereocenters. The molecule has 2 rings (SSSR count). The lowest BCUT2D eigenvalue weighted by Crippen LogP contribution is -2.23. The van der Waals surface area contributed by atoms with E-state index in [0.29, 0.717) is 11.7 Å². The Morgan fingerprint density at radius 1 is 1.22 bits per heavy atom. The monoisotopic (exact) mass is 249 g/mol. The lowest BCUT2D eigenvalue weighted by molar-refractivity contribution is 0.129. The minimum absolute atomic E-state index is 0.266. The highest BCUT2D eigenvalue weighted by molar-refractivity contribution is 5.33. The highest BCUT2D eigenvalue weighted by atomic mass is 16.5. The van der Waals surface area contributed by atoms with E-state index >= 15 is 0 Å². The Labute approximate surface area is 109 Å². The van der Waals surface area contributed by atoms with E-state index in [1.54, 1.807) is 6.07 Å². The zero-order valence-corrected chi connectivity index (χ0v) is 11.5. The largest absolute Gasteiger partial charge is 0.474 e. The number of nitrogens with two attached hydrogens (primary N) is 1. The van der Waals surface area contributed by atoms with Crippen molar-refractivity contribution in [3.05, 3.63) is 11.9 Å². The molecule has 2 N–H and O–H groups in total. The maximum atomic E-state index is 5.94. The maximum absolute atomic E-state index is 5.94. The van der Waals surface area contributed by atoms with Gasteiger partial charge in [-0.2, -0.15) is 4.98 Å². The van der Waals surface area contributed by atoms with E-state index in [0.717, 1.165) is 24.6 Å². The third-order valence-corrected chi connectivity index (χ3v) is 3.51. The molecule has 1 aromatic heterocycles. The fraction of sp³-hybridized carbons (Fsp3) is 0.714. The van der Waals surface area contributed by atoms with Crippen LogP contribution >= 0.6 is 0 Å². The van der Waals surface area contributed by atoms with Crippen LogP contribution in [0.3, 0.4) is 0 Å². The summed E-state index contributed by atoms with van der Waals surface area (Å²) in [5.41, 5.74) is 5.79. The number of hydrogen-bond acceptors (Lipinski definition) is 4. The smallest absolute Gasteiger partial charge is 0.219 e. The number of anilines is 1. The summed E-state index contributed by atoms with van der Waals surface area (Å²) >= 11 is 0. The molecule has 4 heteroatoms.